The molecule has 11 heteroatoms. The highest BCUT2D eigenvalue weighted by atomic mass is 35.5. The molecule has 0 unspecified atom stereocenters. The Morgan fingerprint density at radius 1 is 1.06 bits per heavy atom. The summed E-state index contributed by atoms with van der Waals surface area (Å²) in [5.41, 5.74) is -0.761. The molecular formula is C23H21Cl3F3N2O3-. The van der Waals surface area contributed by atoms with Crippen LogP contribution in [0, 0.1) is 0 Å². The van der Waals surface area contributed by atoms with E-state index >= 15 is 0 Å². The Kier molecular flexibility index (Phi) is 9.28. The van der Waals surface area contributed by atoms with Crippen LogP contribution in [0.2, 0.25) is 15.1 Å². The van der Waals surface area contributed by atoms with E-state index in [0.717, 1.165) is 9.80 Å². The lowest BCUT2D eigenvalue weighted by Crippen LogP contribution is -2.58. The van der Waals surface area contributed by atoms with Crippen molar-refractivity contribution in [2.45, 2.75) is 31.1 Å². The molecule has 0 heterocycles. The zero-order valence-electron chi connectivity index (χ0n) is 18.0. The number of hydrogen-bond acceptors (Lipinski definition) is 3. The maximum absolute atomic E-state index is 12.9. The molecule has 0 N–H and O–H groups in total. The molecule has 2 amide bonds. The molecule has 2 aromatic carbocycles. The van der Waals surface area contributed by atoms with Crippen molar-refractivity contribution in [3.8, 4) is 0 Å². The first-order chi connectivity index (χ1) is 15.8. The standard InChI is InChI=1S/C23H22Cl3F3N2O3/c1-3-10-22(16-6-9-18(25)19(26)11-16,14-30(2)20(32)12-23(27,28)29)31(21(33)34)13-15-4-7-17(24)8-5-15/h3-9,11H,1,10,12-14H2,2H3,(H,33,34)/p-1/t22-/m1/s1. The monoisotopic (exact) mass is 535 g/mol. The van der Waals surface area contributed by atoms with Gasteiger partial charge in [0.05, 0.1) is 15.6 Å². The van der Waals surface area contributed by atoms with Crippen LogP contribution in [0.4, 0.5) is 18.0 Å². The second-order valence-electron chi connectivity index (χ2n) is 7.67. The zero-order chi connectivity index (χ0) is 25.7. The maximum atomic E-state index is 12.9. The van der Waals surface area contributed by atoms with Crippen molar-refractivity contribution in [1.29, 1.82) is 0 Å². The highest BCUT2D eigenvalue weighted by Gasteiger charge is 2.42. The van der Waals surface area contributed by atoms with E-state index in [1.165, 1.54) is 31.3 Å². The quantitative estimate of drug-likeness (QED) is 0.388. The number of alkyl halides is 3. The minimum atomic E-state index is -4.73. The topological polar surface area (TPSA) is 63.7 Å². The first-order valence-corrected chi connectivity index (χ1v) is 11.0. The number of carboxylic acid groups (broad SMARTS) is 1. The molecule has 34 heavy (non-hydrogen) atoms. The van der Waals surface area contributed by atoms with Crippen LogP contribution in [0.3, 0.4) is 0 Å². The number of amides is 2. The molecule has 0 aromatic heterocycles. The van der Waals surface area contributed by atoms with Gasteiger partial charge in [0, 0.05) is 25.2 Å². The van der Waals surface area contributed by atoms with Gasteiger partial charge in [-0.3, -0.25) is 4.79 Å². The number of rotatable bonds is 9. The summed E-state index contributed by atoms with van der Waals surface area (Å²) in [6, 6.07) is 10.7. The highest BCUT2D eigenvalue weighted by Crippen LogP contribution is 2.38. The number of likely N-dealkylation sites (N-methyl/N-ethyl adjacent to an activating group) is 1. The Balaban J connectivity index is 2.65. The number of carbonyl (C=O) groups excluding carboxylic acids is 2. The normalized spacial score (nSPS) is 13.1. The average Bonchev–Trinajstić information content (AvgIpc) is 2.73. The molecular weight excluding hydrogens is 516 g/mol. The van der Waals surface area contributed by atoms with E-state index in [1.807, 2.05) is 0 Å². The van der Waals surface area contributed by atoms with Gasteiger partial charge in [0.25, 0.3) is 0 Å². The Labute approximate surface area is 210 Å². The summed E-state index contributed by atoms with van der Waals surface area (Å²) < 4.78 is 38.6. The fourth-order valence-corrected chi connectivity index (χ4v) is 4.02. The molecule has 0 saturated heterocycles. The molecule has 0 fully saturated rings. The molecule has 0 aliphatic heterocycles. The van der Waals surface area contributed by atoms with E-state index in [2.05, 4.69) is 6.58 Å². The van der Waals surface area contributed by atoms with Crippen molar-refractivity contribution in [2.75, 3.05) is 13.6 Å². The van der Waals surface area contributed by atoms with Gasteiger partial charge in [-0.05, 0) is 41.8 Å². The van der Waals surface area contributed by atoms with Gasteiger partial charge in [-0.1, -0.05) is 59.1 Å². The van der Waals surface area contributed by atoms with Crippen molar-refractivity contribution in [3.63, 3.8) is 0 Å². The van der Waals surface area contributed by atoms with Crippen LogP contribution in [-0.2, 0) is 16.9 Å². The van der Waals surface area contributed by atoms with Gasteiger partial charge >= 0.3 is 6.18 Å². The van der Waals surface area contributed by atoms with Gasteiger partial charge in [0.15, 0.2) is 0 Å². The van der Waals surface area contributed by atoms with Crippen LogP contribution in [0.25, 0.3) is 0 Å². The SMILES string of the molecule is C=CC[C@@](CN(C)C(=O)CC(F)(F)F)(c1ccc(Cl)c(Cl)c1)N(Cc1ccc(Cl)cc1)C(=O)[O-]. The van der Waals surface area contributed by atoms with Crippen LogP contribution < -0.4 is 5.11 Å². The third-order valence-electron chi connectivity index (χ3n) is 5.21. The van der Waals surface area contributed by atoms with Gasteiger partial charge in [-0.2, -0.15) is 13.2 Å². The third kappa shape index (κ3) is 7.04. The molecule has 2 rings (SSSR count). The Hall–Kier alpha value is -2.42. The zero-order valence-corrected chi connectivity index (χ0v) is 20.3. The summed E-state index contributed by atoms with van der Waals surface area (Å²) in [7, 11) is 1.17. The Morgan fingerprint density at radius 3 is 2.18 bits per heavy atom. The summed E-state index contributed by atoms with van der Waals surface area (Å²) >= 11 is 18.1. The van der Waals surface area contributed by atoms with E-state index in [0.29, 0.717) is 16.1 Å². The first kappa shape index (κ1) is 27.8. The summed E-state index contributed by atoms with van der Waals surface area (Å²) in [6.07, 6.45) is -6.71. The third-order valence-corrected chi connectivity index (χ3v) is 6.20. The molecule has 0 aliphatic carbocycles. The van der Waals surface area contributed by atoms with Crippen molar-refractivity contribution in [1.82, 2.24) is 9.80 Å². The van der Waals surface area contributed by atoms with Crippen molar-refractivity contribution >= 4 is 46.8 Å². The molecule has 0 bridgehead atoms. The minimum absolute atomic E-state index is 0.0732. The summed E-state index contributed by atoms with van der Waals surface area (Å²) in [6.45, 7) is 3.03. The Bertz CT molecular complexity index is 1050. The van der Waals surface area contributed by atoms with Crippen molar-refractivity contribution in [2.24, 2.45) is 0 Å². The largest absolute Gasteiger partial charge is 0.530 e. The lowest BCUT2D eigenvalue weighted by atomic mass is 9.83. The van der Waals surface area contributed by atoms with Gasteiger partial charge in [0.1, 0.15) is 12.5 Å². The van der Waals surface area contributed by atoms with Crippen LogP contribution in [0.5, 0.6) is 0 Å². The second kappa shape index (κ2) is 11.3. The second-order valence-corrected chi connectivity index (χ2v) is 8.92. The van der Waals surface area contributed by atoms with Crippen LogP contribution in [0.1, 0.15) is 24.0 Å². The molecule has 5 nitrogen and oxygen atoms in total. The fourth-order valence-electron chi connectivity index (χ4n) is 3.60. The molecule has 0 spiro atoms. The Morgan fingerprint density at radius 2 is 1.68 bits per heavy atom. The molecule has 0 radical (unpaired) electrons. The minimum Gasteiger partial charge on any atom is -0.530 e. The smallest absolute Gasteiger partial charge is 0.397 e. The predicted octanol–water partition coefficient (Wildman–Crippen LogP) is 5.67. The lowest BCUT2D eigenvalue weighted by molar-refractivity contribution is -0.274. The van der Waals surface area contributed by atoms with E-state index in [9.17, 15) is 27.9 Å². The number of benzene rings is 2. The molecule has 2 aromatic rings. The highest BCUT2D eigenvalue weighted by molar-refractivity contribution is 6.42. The van der Waals surface area contributed by atoms with E-state index in [4.69, 9.17) is 34.8 Å². The fraction of sp³-hybridized carbons (Fsp3) is 0.304. The number of halogens is 6. The predicted molar refractivity (Wildman–Crippen MR) is 124 cm³/mol. The summed E-state index contributed by atoms with van der Waals surface area (Å²) in [5, 5.41) is 13.1. The van der Waals surface area contributed by atoms with Gasteiger partial charge < -0.3 is 19.7 Å². The molecule has 184 valence electrons. The average molecular weight is 537 g/mol. The molecule has 1 atom stereocenters. The van der Waals surface area contributed by atoms with E-state index < -0.39 is 36.7 Å². The number of carbonyl (C=O) groups is 2. The summed E-state index contributed by atoms with van der Waals surface area (Å²) in [5.74, 6) is -1.23. The van der Waals surface area contributed by atoms with Gasteiger partial charge in [-0.25, -0.2) is 0 Å². The number of hydrogen-bond donors (Lipinski definition) is 0. The van der Waals surface area contributed by atoms with Crippen molar-refractivity contribution in [3.05, 3.63) is 81.3 Å². The van der Waals surface area contributed by atoms with Crippen LogP contribution in [0.15, 0.2) is 55.1 Å². The first-order valence-electron chi connectivity index (χ1n) is 9.89. The van der Waals surface area contributed by atoms with Gasteiger partial charge in [-0.15, -0.1) is 6.58 Å². The van der Waals surface area contributed by atoms with E-state index in [1.54, 1.807) is 24.3 Å². The maximum Gasteiger partial charge on any atom is 0.397 e. The van der Waals surface area contributed by atoms with Crippen molar-refractivity contribution < 1.29 is 27.9 Å². The van der Waals surface area contributed by atoms with Crippen LogP contribution in [-0.4, -0.2) is 41.6 Å². The number of nitrogens with zero attached hydrogens (tertiary/aromatic N) is 2. The lowest BCUT2D eigenvalue weighted by Gasteiger charge is -2.47. The molecule has 0 aliphatic rings. The summed E-state index contributed by atoms with van der Waals surface area (Å²) in [4.78, 5) is 26.5. The van der Waals surface area contributed by atoms with Gasteiger partial charge in [0.2, 0.25) is 5.91 Å². The molecule has 0 saturated carbocycles. The van der Waals surface area contributed by atoms with Crippen LogP contribution >= 0.6 is 34.8 Å². The van der Waals surface area contributed by atoms with E-state index in [-0.39, 0.29) is 23.0 Å².